The van der Waals surface area contributed by atoms with Crippen LogP contribution < -0.4 is 5.32 Å². The highest BCUT2D eigenvalue weighted by Gasteiger charge is 2.23. The standard InChI is InChI=1S/C15H27N3/c1-3-16-11-15-8-6-4-5-7-14(15)9-13-10-17-18(2)12-13/h10,12,14-16H,3-9,11H2,1-2H3. The van der Waals surface area contributed by atoms with Gasteiger partial charge in [-0.3, -0.25) is 4.68 Å². The second kappa shape index (κ2) is 6.93. The van der Waals surface area contributed by atoms with E-state index >= 15 is 0 Å². The van der Waals surface area contributed by atoms with Crippen molar-refractivity contribution in [3.63, 3.8) is 0 Å². The van der Waals surface area contributed by atoms with Gasteiger partial charge in [0, 0.05) is 13.2 Å². The van der Waals surface area contributed by atoms with Crippen LogP contribution in [-0.2, 0) is 13.5 Å². The monoisotopic (exact) mass is 249 g/mol. The molecule has 1 heterocycles. The molecule has 18 heavy (non-hydrogen) atoms. The van der Waals surface area contributed by atoms with Crippen molar-refractivity contribution in [3.05, 3.63) is 18.0 Å². The zero-order valence-electron chi connectivity index (χ0n) is 11.9. The Hall–Kier alpha value is -0.830. The zero-order valence-corrected chi connectivity index (χ0v) is 11.9. The molecule has 102 valence electrons. The van der Waals surface area contributed by atoms with Gasteiger partial charge in [0.15, 0.2) is 0 Å². The van der Waals surface area contributed by atoms with Crippen molar-refractivity contribution in [1.29, 1.82) is 0 Å². The van der Waals surface area contributed by atoms with Crippen molar-refractivity contribution in [1.82, 2.24) is 15.1 Å². The Morgan fingerprint density at radius 1 is 1.28 bits per heavy atom. The van der Waals surface area contributed by atoms with Gasteiger partial charge in [-0.15, -0.1) is 0 Å². The highest BCUT2D eigenvalue weighted by Crippen LogP contribution is 2.31. The van der Waals surface area contributed by atoms with Crippen molar-refractivity contribution >= 4 is 0 Å². The van der Waals surface area contributed by atoms with Gasteiger partial charge in [0.25, 0.3) is 0 Å². The van der Waals surface area contributed by atoms with E-state index in [1.165, 1.54) is 50.6 Å². The van der Waals surface area contributed by atoms with E-state index in [4.69, 9.17) is 0 Å². The molecule has 2 rings (SSSR count). The third kappa shape index (κ3) is 3.84. The summed E-state index contributed by atoms with van der Waals surface area (Å²) in [6.45, 7) is 4.49. The lowest BCUT2D eigenvalue weighted by atomic mass is 9.84. The molecule has 1 aromatic rings. The Morgan fingerprint density at radius 2 is 2.06 bits per heavy atom. The summed E-state index contributed by atoms with van der Waals surface area (Å²) in [5.41, 5.74) is 1.41. The van der Waals surface area contributed by atoms with Crippen LogP contribution in [0, 0.1) is 11.8 Å². The number of nitrogens with zero attached hydrogens (tertiary/aromatic N) is 2. The molecule has 0 spiro atoms. The van der Waals surface area contributed by atoms with E-state index in [9.17, 15) is 0 Å². The molecule has 1 N–H and O–H groups in total. The highest BCUT2D eigenvalue weighted by atomic mass is 15.2. The summed E-state index contributed by atoms with van der Waals surface area (Å²) in [7, 11) is 2.01. The van der Waals surface area contributed by atoms with E-state index in [0.717, 1.165) is 18.4 Å². The molecular weight excluding hydrogens is 222 g/mol. The Morgan fingerprint density at radius 3 is 2.72 bits per heavy atom. The first kappa shape index (κ1) is 13.6. The molecule has 1 aliphatic carbocycles. The molecule has 0 radical (unpaired) electrons. The number of nitrogens with one attached hydrogen (secondary N) is 1. The van der Waals surface area contributed by atoms with Crippen molar-refractivity contribution in [3.8, 4) is 0 Å². The number of hydrogen-bond acceptors (Lipinski definition) is 2. The molecule has 2 unspecified atom stereocenters. The summed E-state index contributed by atoms with van der Waals surface area (Å²) >= 11 is 0. The van der Waals surface area contributed by atoms with E-state index in [1.54, 1.807) is 0 Å². The normalized spacial score (nSPS) is 25.0. The quantitative estimate of drug-likeness (QED) is 0.813. The molecule has 1 aromatic heterocycles. The first-order valence-corrected chi connectivity index (χ1v) is 7.48. The van der Waals surface area contributed by atoms with Crippen molar-refractivity contribution in [2.45, 2.75) is 45.4 Å². The lowest BCUT2D eigenvalue weighted by Crippen LogP contribution is -2.28. The van der Waals surface area contributed by atoms with Crippen LogP contribution in [0.2, 0.25) is 0 Å². The summed E-state index contributed by atoms with van der Waals surface area (Å²) in [5.74, 6) is 1.70. The Bertz CT molecular complexity index is 345. The Labute approximate surface area is 111 Å². The summed E-state index contributed by atoms with van der Waals surface area (Å²) in [5, 5.41) is 7.84. The van der Waals surface area contributed by atoms with E-state index in [0.29, 0.717) is 0 Å². The van der Waals surface area contributed by atoms with Gasteiger partial charge in [-0.1, -0.05) is 26.2 Å². The van der Waals surface area contributed by atoms with Crippen molar-refractivity contribution in [2.24, 2.45) is 18.9 Å². The Balaban J connectivity index is 1.96. The second-order valence-electron chi connectivity index (χ2n) is 5.69. The summed E-state index contributed by atoms with van der Waals surface area (Å²) in [6, 6.07) is 0. The third-order valence-electron chi connectivity index (χ3n) is 4.23. The van der Waals surface area contributed by atoms with Crippen LogP contribution in [0.15, 0.2) is 12.4 Å². The number of rotatable bonds is 5. The fourth-order valence-electron chi connectivity index (χ4n) is 3.21. The number of aromatic nitrogens is 2. The van der Waals surface area contributed by atoms with E-state index < -0.39 is 0 Å². The largest absolute Gasteiger partial charge is 0.317 e. The Kier molecular flexibility index (Phi) is 5.24. The summed E-state index contributed by atoms with van der Waals surface area (Å²) < 4.78 is 1.92. The molecule has 3 heteroatoms. The molecule has 1 aliphatic rings. The minimum absolute atomic E-state index is 0.843. The molecule has 1 fully saturated rings. The minimum atomic E-state index is 0.843. The van der Waals surface area contributed by atoms with E-state index in [1.807, 2.05) is 17.9 Å². The van der Waals surface area contributed by atoms with Gasteiger partial charge < -0.3 is 5.32 Å². The van der Waals surface area contributed by atoms with Gasteiger partial charge in [-0.05, 0) is 49.8 Å². The molecule has 0 aliphatic heterocycles. The molecule has 0 saturated heterocycles. The van der Waals surface area contributed by atoms with Crippen LogP contribution in [0.4, 0.5) is 0 Å². The smallest absolute Gasteiger partial charge is 0.0521 e. The van der Waals surface area contributed by atoms with E-state index in [-0.39, 0.29) is 0 Å². The molecule has 0 bridgehead atoms. The first-order chi connectivity index (χ1) is 8.79. The van der Waals surface area contributed by atoms with Crippen LogP contribution in [0.5, 0.6) is 0 Å². The minimum Gasteiger partial charge on any atom is -0.317 e. The predicted octanol–water partition coefficient (Wildman–Crippen LogP) is 2.77. The maximum Gasteiger partial charge on any atom is 0.0521 e. The van der Waals surface area contributed by atoms with Gasteiger partial charge in [0.2, 0.25) is 0 Å². The average molecular weight is 249 g/mol. The number of aryl methyl sites for hydroxylation is 1. The van der Waals surface area contributed by atoms with Gasteiger partial charge >= 0.3 is 0 Å². The third-order valence-corrected chi connectivity index (χ3v) is 4.23. The van der Waals surface area contributed by atoms with Crippen LogP contribution in [0.3, 0.4) is 0 Å². The molecule has 2 atom stereocenters. The molecule has 3 nitrogen and oxygen atoms in total. The van der Waals surface area contributed by atoms with Gasteiger partial charge in [-0.2, -0.15) is 5.10 Å². The van der Waals surface area contributed by atoms with Gasteiger partial charge in [0.1, 0.15) is 0 Å². The summed E-state index contributed by atoms with van der Waals surface area (Å²) in [4.78, 5) is 0. The van der Waals surface area contributed by atoms with Crippen LogP contribution in [-0.4, -0.2) is 22.9 Å². The average Bonchev–Trinajstić information content (AvgIpc) is 2.64. The predicted molar refractivity (Wildman–Crippen MR) is 75.5 cm³/mol. The van der Waals surface area contributed by atoms with Crippen LogP contribution >= 0.6 is 0 Å². The second-order valence-corrected chi connectivity index (χ2v) is 5.69. The summed E-state index contributed by atoms with van der Waals surface area (Å²) in [6.07, 6.45) is 12.5. The molecule has 1 saturated carbocycles. The lowest BCUT2D eigenvalue weighted by Gasteiger charge is -2.25. The lowest BCUT2D eigenvalue weighted by molar-refractivity contribution is 0.299. The molecule has 0 amide bonds. The SMILES string of the molecule is CCNCC1CCCCCC1Cc1cnn(C)c1. The fraction of sp³-hybridized carbons (Fsp3) is 0.800. The molecular formula is C15H27N3. The first-order valence-electron chi connectivity index (χ1n) is 7.48. The maximum absolute atomic E-state index is 4.29. The van der Waals surface area contributed by atoms with E-state index in [2.05, 4.69) is 23.5 Å². The topological polar surface area (TPSA) is 29.9 Å². The van der Waals surface area contributed by atoms with Crippen LogP contribution in [0.1, 0.15) is 44.6 Å². The number of hydrogen-bond donors (Lipinski definition) is 1. The maximum atomic E-state index is 4.29. The highest BCUT2D eigenvalue weighted by molar-refractivity contribution is 5.05. The van der Waals surface area contributed by atoms with Crippen molar-refractivity contribution in [2.75, 3.05) is 13.1 Å². The van der Waals surface area contributed by atoms with Crippen molar-refractivity contribution < 1.29 is 0 Å². The van der Waals surface area contributed by atoms with Gasteiger partial charge in [0.05, 0.1) is 6.20 Å². The van der Waals surface area contributed by atoms with Gasteiger partial charge in [-0.25, -0.2) is 0 Å². The molecule has 0 aromatic carbocycles. The fourth-order valence-corrected chi connectivity index (χ4v) is 3.21. The zero-order chi connectivity index (χ0) is 12.8. The van der Waals surface area contributed by atoms with Crippen LogP contribution in [0.25, 0.3) is 0 Å².